The number of rotatable bonds is 12. The maximum absolute atomic E-state index is 14.7. The zero-order valence-corrected chi connectivity index (χ0v) is 30.3. The predicted molar refractivity (Wildman–Crippen MR) is 193 cm³/mol. The van der Waals surface area contributed by atoms with E-state index >= 15 is 0 Å². The van der Waals surface area contributed by atoms with Gasteiger partial charge in [0, 0.05) is 34.6 Å². The normalized spacial score (nSPS) is 14.5. The SMILES string of the molecule is O=C(NC1CCCCC1)[C@@H](Cc1ccccc1)N(Cc1c(Cl)cccc1Cl)C(=O)CN(c1ccc(Cl)c(C(F)(F)F)c1)S(=O)(=O)c1ccccc1. The van der Waals surface area contributed by atoms with Gasteiger partial charge in [-0.05, 0) is 60.9 Å². The number of halogens is 6. The van der Waals surface area contributed by atoms with Gasteiger partial charge in [-0.2, -0.15) is 13.2 Å². The summed E-state index contributed by atoms with van der Waals surface area (Å²) in [5.41, 5.74) is -0.714. The van der Waals surface area contributed by atoms with Crippen molar-refractivity contribution >= 4 is 62.3 Å². The smallest absolute Gasteiger partial charge is 0.352 e. The Labute approximate surface area is 310 Å². The Bertz CT molecular complexity index is 1920. The molecule has 5 rings (SSSR count). The largest absolute Gasteiger partial charge is 0.417 e. The molecule has 51 heavy (non-hydrogen) atoms. The molecule has 14 heteroatoms. The average Bonchev–Trinajstić information content (AvgIpc) is 3.10. The molecule has 0 heterocycles. The summed E-state index contributed by atoms with van der Waals surface area (Å²) in [4.78, 5) is 29.9. The van der Waals surface area contributed by atoms with Gasteiger partial charge < -0.3 is 10.2 Å². The quantitative estimate of drug-likeness (QED) is 0.156. The third-order valence-electron chi connectivity index (χ3n) is 8.77. The Morgan fingerprint density at radius 1 is 0.804 bits per heavy atom. The number of anilines is 1. The molecule has 0 radical (unpaired) electrons. The topological polar surface area (TPSA) is 86.8 Å². The molecular formula is C37H35Cl3F3N3O4S. The van der Waals surface area contributed by atoms with Crippen LogP contribution >= 0.6 is 34.8 Å². The number of carbonyl (C=O) groups is 2. The fourth-order valence-corrected chi connectivity index (χ4v) is 8.25. The second-order valence-electron chi connectivity index (χ2n) is 12.3. The van der Waals surface area contributed by atoms with E-state index in [-0.39, 0.29) is 33.9 Å². The summed E-state index contributed by atoms with van der Waals surface area (Å²) in [6, 6.07) is 22.0. The molecule has 0 aromatic heterocycles. The van der Waals surface area contributed by atoms with Gasteiger partial charge in [0.2, 0.25) is 11.8 Å². The van der Waals surface area contributed by atoms with Crippen molar-refractivity contribution < 1.29 is 31.2 Å². The number of carbonyl (C=O) groups excluding carboxylic acids is 2. The lowest BCUT2D eigenvalue weighted by Crippen LogP contribution is -2.55. The minimum atomic E-state index is -4.93. The fraction of sp³-hybridized carbons (Fsp3) is 0.297. The molecule has 2 amide bonds. The van der Waals surface area contributed by atoms with Crippen molar-refractivity contribution in [2.45, 2.75) is 68.2 Å². The first-order valence-electron chi connectivity index (χ1n) is 16.3. The van der Waals surface area contributed by atoms with Crippen molar-refractivity contribution in [1.29, 1.82) is 0 Å². The number of hydrogen-bond acceptors (Lipinski definition) is 4. The van der Waals surface area contributed by atoms with Gasteiger partial charge in [0.05, 0.1) is 21.2 Å². The minimum Gasteiger partial charge on any atom is -0.352 e. The average molecular weight is 781 g/mol. The van der Waals surface area contributed by atoms with Gasteiger partial charge in [-0.1, -0.05) is 109 Å². The van der Waals surface area contributed by atoms with Crippen LogP contribution in [0.2, 0.25) is 15.1 Å². The monoisotopic (exact) mass is 779 g/mol. The number of benzene rings is 4. The molecular weight excluding hydrogens is 746 g/mol. The van der Waals surface area contributed by atoms with E-state index in [0.29, 0.717) is 21.5 Å². The molecule has 1 aliphatic rings. The molecule has 1 aliphatic carbocycles. The summed E-state index contributed by atoms with van der Waals surface area (Å²) in [6.07, 6.45) is -0.465. The zero-order chi connectivity index (χ0) is 36.8. The van der Waals surface area contributed by atoms with Crippen molar-refractivity contribution in [3.05, 3.63) is 129 Å². The zero-order valence-electron chi connectivity index (χ0n) is 27.3. The van der Waals surface area contributed by atoms with Crippen molar-refractivity contribution in [3.63, 3.8) is 0 Å². The van der Waals surface area contributed by atoms with Crippen LogP contribution in [0, 0.1) is 0 Å². The fourth-order valence-electron chi connectivity index (χ4n) is 6.09. The van der Waals surface area contributed by atoms with Gasteiger partial charge in [0.25, 0.3) is 10.0 Å². The predicted octanol–water partition coefficient (Wildman–Crippen LogP) is 8.95. The maximum Gasteiger partial charge on any atom is 0.417 e. The van der Waals surface area contributed by atoms with Crippen LogP contribution in [0.25, 0.3) is 0 Å². The van der Waals surface area contributed by atoms with Gasteiger partial charge >= 0.3 is 6.18 Å². The van der Waals surface area contributed by atoms with Crippen LogP contribution in [0.3, 0.4) is 0 Å². The van der Waals surface area contributed by atoms with E-state index in [4.69, 9.17) is 34.8 Å². The highest BCUT2D eigenvalue weighted by molar-refractivity contribution is 7.92. The molecule has 1 saturated carbocycles. The highest BCUT2D eigenvalue weighted by Crippen LogP contribution is 2.38. The highest BCUT2D eigenvalue weighted by atomic mass is 35.5. The number of alkyl halides is 3. The molecule has 7 nitrogen and oxygen atoms in total. The second-order valence-corrected chi connectivity index (χ2v) is 15.3. The van der Waals surface area contributed by atoms with Crippen molar-refractivity contribution in [2.24, 2.45) is 0 Å². The molecule has 0 spiro atoms. The summed E-state index contributed by atoms with van der Waals surface area (Å²) in [5, 5.41) is 2.85. The Hall–Kier alpha value is -3.77. The number of nitrogens with zero attached hydrogens (tertiary/aromatic N) is 2. The number of amides is 2. The van der Waals surface area contributed by atoms with E-state index in [9.17, 15) is 31.2 Å². The molecule has 1 N–H and O–H groups in total. The van der Waals surface area contributed by atoms with Crippen LogP contribution in [-0.2, 0) is 38.8 Å². The Kier molecular flexibility index (Phi) is 12.6. The molecule has 1 atom stereocenters. The van der Waals surface area contributed by atoms with Crippen LogP contribution in [0.15, 0.2) is 102 Å². The second kappa shape index (κ2) is 16.7. The summed E-state index contributed by atoms with van der Waals surface area (Å²) in [7, 11) is -4.65. The Morgan fingerprint density at radius 3 is 2.02 bits per heavy atom. The lowest BCUT2D eigenvalue weighted by atomic mass is 9.94. The Morgan fingerprint density at radius 2 is 1.41 bits per heavy atom. The molecule has 4 aromatic carbocycles. The first kappa shape index (κ1) is 38.5. The third-order valence-corrected chi connectivity index (χ3v) is 11.6. The summed E-state index contributed by atoms with van der Waals surface area (Å²) in [5.74, 6) is -1.35. The van der Waals surface area contributed by atoms with Gasteiger partial charge in [0.1, 0.15) is 12.6 Å². The molecule has 0 bridgehead atoms. The van der Waals surface area contributed by atoms with E-state index in [1.807, 2.05) is 0 Å². The molecule has 0 saturated heterocycles. The first-order valence-corrected chi connectivity index (χ1v) is 18.8. The van der Waals surface area contributed by atoms with Crippen LogP contribution in [0.1, 0.15) is 48.8 Å². The van der Waals surface area contributed by atoms with Gasteiger partial charge in [0.15, 0.2) is 0 Å². The lowest BCUT2D eigenvalue weighted by Gasteiger charge is -2.35. The summed E-state index contributed by atoms with van der Waals surface area (Å²) < 4.78 is 71.0. The molecule has 270 valence electrons. The number of nitrogens with one attached hydrogen (secondary N) is 1. The minimum absolute atomic E-state index is 0.0395. The molecule has 4 aromatic rings. The first-order chi connectivity index (χ1) is 24.3. The molecule has 0 unspecified atom stereocenters. The van der Waals surface area contributed by atoms with Crippen LogP contribution < -0.4 is 9.62 Å². The van der Waals surface area contributed by atoms with E-state index in [1.165, 1.54) is 29.2 Å². The van der Waals surface area contributed by atoms with E-state index in [2.05, 4.69) is 5.32 Å². The van der Waals surface area contributed by atoms with E-state index < -0.39 is 56.9 Å². The standard InChI is InChI=1S/C37H35Cl3F3N3O4S/c38-31-17-10-18-32(39)29(31)23-45(34(21-25-11-4-1-5-12-25)36(48)44-26-13-6-2-7-14-26)35(47)24-46(51(49,50)28-15-8-3-9-16-28)27-19-20-33(40)30(22-27)37(41,42)43/h1,3-5,8-12,15-20,22,26,34H,2,6-7,13-14,21,23-24H2,(H,44,48)/t34-/m1/s1. The third kappa shape index (κ3) is 9.57. The Balaban J connectivity index is 1.63. The highest BCUT2D eigenvalue weighted by Gasteiger charge is 2.38. The summed E-state index contributed by atoms with van der Waals surface area (Å²) >= 11 is 19.0. The number of sulfonamides is 1. The molecule has 1 fully saturated rings. The van der Waals surface area contributed by atoms with E-state index in [0.717, 1.165) is 44.2 Å². The maximum atomic E-state index is 14.7. The lowest BCUT2D eigenvalue weighted by molar-refractivity contribution is -0.140. The van der Waals surface area contributed by atoms with Crippen molar-refractivity contribution in [1.82, 2.24) is 10.2 Å². The van der Waals surface area contributed by atoms with Crippen molar-refractivity contribution in [2.75, 3.05) is 10.8 Å². The van der Waals surface area contributed by atoms with Gasteiger partial charge in [-0.25, -0.2) is 8.42 Å². The van der Waals surface area contributed by atoms with E-state index in [1.54, 1.807) is 54.6 Å². The van der Waals surface area contributed by atoms with Crippen LogP contribution in [-0.4, -0.2) is 43.8 Å². The summed E-state index contributed by atoms with van der Waals surface area (Å²) in [6.45, 7) is -1.28. The number of hydrogen-bond donors (Lipinski definition) is 1. The van der Waals surface area contributed by atoms with Gasteiger partial charge in [-0.3, -0.25) is 13.9 Å². The van der Waals surface area contributed by atoms with Gasteiger partial charge in [-0.15, -0.1) is 0 Å². The molecule has 0 aliphatic heterocycles. The van der Waals surface area contributed by atoms with Crippen molar-refractivity contribution in [3.8, 4) is 0 Å². The van der Waals surface area contributed by atoms with Crippen LogP contribution in [0.5, 0.6) is 0 Å². The van der Waals surface area contributed by atoms with Crippen LogP contribution in [0.4, 0.5) is 18.9 Å².